The summed E-state index contributed by atoms with van der Waals surface area (Å²) in [4.78, 5) is 4.38. The van der Waals surface area contributed by atoms with Crippen LogP contribution in [0.3, 0.4) is 0 Å². The van der Waals surface area contributed by atoms with E-state index < -0.39 is 0 Å². The van der Waals surface area contributed by atoms with Gasteiger partial charge in [-0.25, -0.2) is 4.98 Å². The summed E-state index contributed by atoms with van der Waals surface area (Å²) in [6, 6.07) is 7.84. The summed E-state index contributed by atoms with van der Waals surface area (Å²) in [7, 11) is 0. The molecule has 0 aliphatic heterocycles. The molecule has 0 atom stereocenters. The van der Waals surface area contributed by atoms with E-state index in [1.165, 1.54) is 0 Å². The largest absolute Gasteiger partial charge is 0.264 e. The molecule has 2 rings (SSSR count). The number of halogens is 1. The van der Waals surface area contributed by atoms with Gasteiger partial charge in [-0.05, 0) is 41.1 Å². The van der Waals surface area contributed by atoms with E-state index in [1.807, 2.05) is 28.9 Å². The molecule has 14 heavy (non-hydrogen) atoms. The minimum Gasteiger partial charge on any atom is -0.264 e. The molecular weight excluding hydrogens is 242 g/mol. The highest BCUT2D eigenvalue weighted by molar-refractivity contribution is 9.10. The zero-order valence-electron chi connectivity index (χ0n) is 7.81. The fraction of sp³-hybridized carbons (Fsp3) is 0.200. The van der Waals surface area contributed by atoms with Crippen LogP contribution in [0.2, 0.25) is 0 Å². The van der Waals surface area contributed by atoms with Gasteiger partial charge in [-0.2, -0.15) is 5.10 Å². The summed E-state index contributed by atoms with van der Waals surface area (Å²) in [6.07, 6.45) is 1.79. The first-order chi connectivity index (χ1) is 6.81. The van der Waals surface area contributed by atoms with Crippen LogP contribution < -0.4 is 0 Å². The van der Waals surface area contributed by atoms with Gasteiger partial charge in [0.05, 0.1) is 11.4 Å². The Bertz CT molecular complexity index is 436. The van der Waals surface area contributed by atoms with Crippen molar-refractivity contribution in [2.75, 3.05) is 0 Å². The average Bonchev–Trinajstić information content (AvgIpc) is 2.65. The van der Waals surface area contributed by atoms with Crippen molar-refractivity contribution in [1.82, 2.24) is 14.8 Å². The van der Waals surface area contributed by atoms with Crippen LogP contribution in [0.25, 0.3) is 11.4 Å². The lowest BCUT2D eigenvalue weighted by Crippen LogP contribution is -1.99. The van der Waals surface area contributed by atoms with Crippen LogP contribution in [-0.2, 0) is 6.54 Å². The number of pyridine rings is 1. The molecule has 4 heteroatoms. The van der Waals surface area contributed by atoms with Gasteiger partial charge in [-0.15, -0.1) is 0 Å². The van der Waals surface area contributed by atoms with E-state index in [4.69, 9.17) is 0 Å². The standard InChI is InChI=1S/C10H10BrN3/c1-2-14-9(6-7-12-14)8-4-3-5-10(11)13-8/h3-7H,2H2,1H3. The van der Waals surface area contributed by atoms with Gasteiger partial charge in [0.1, 0.15) is 4.60 Å². The first-order valence-corrected chi connectivity index (χ1v) is 5.25. The number of hydrogen-bond acceptors (Lipinski definition) is 2. The van der Waals surface area contributed by atoms with Crippen molar-refractivity contribution in [3.05, 3.63) is 35.1 Å². The Kier molecular flexibility index (Phi) is 2.63. The Labute approximate surface area is 90.9 Å². The maximum atomic E-state index is 4.38. The quantitative estimate of drug-likeness (QED) is 0.769. The summed E-state index contributed by atoms with van der Waals surface area (Å²) in [5.74, 6) is 0. The number of hydrogen-bond donors (Lipinski definition) is 0. The normalized spacial score (nSPS) is 10.4. The molecule has 0 spiro atoms. The fourth-order valence-electron chi connectivity index (χ4n) is 1.35. The molecule has 0 N–H and O–H groups in total. The van der Waals surface area contributed by atoms with Gasteiger partial charge in [0.15, 0.2) is 0 Å². The predicted octanol–water partition coefficient (Wildman–Crippen LogP) is 2.73. The highest BCUT2D eigenvalue weighted by atomic mass is 79.9. The second-order valence-electron chi connectivity index (χ2n) is 2.88. The molecule has 0 saturated heterocycles. The minimum atomic E-state index is 0.846. The summed E-state index contributed by atoms with van der Waals surface area (Å²) in [6.45, 7) is 2.92. The van der Waals surface area contributed by atoms with Crippen LogP contribution in [-0.4, -0.2) is 14.8 Å². The van der Waals surface area contributed by atoms with E-state index in [0.717, 1.165) is 22.5 Å². The fourth-order valence-corrected chi connectivity index (χ4v) is 1.70. The van der Waals surface area contributed by atoms with Crippen molar-refractivity contribution in [3.8, 4) is 11.4 Å². The van der Waals surface area contributed by atoms with Crippen LogP contribution >= 0.6 is 15.9 Å². The van der Waals surface area contributed by atoms with Gasteiger partial charge < -0.3 is 0 Å². The van der Waals surface area contributed by atoms with E-state index in [9.17, 15) is 0 Å². The predicted molar refractivity (Wildman–Crippen MR) is 58.8 cm³/mol. The van der Waals surface area contributed by atoms with Crippen molar-refractivity contribution in [3.63, 3.8) is 0 Å². The summed E-state index contributed by atoms with van der Waals surface area (Å²) in [5, 5.41) is 4.20. The molecule has 2 aromatic rings. The smallest absolute Gasteiger partial charge is 0.106 e. The molecule has 0 radical (unpaired) electrons. The molecule has 0 aliphatic rings. The first-order valence-electron chi connectivity index (χ1n) is 4.46. The highest BCUT2D eigenvalue weighted by Gasteiger charge is 2.04. The van der Waals surface area contributed by atoms with Crippen LogP contribution in [0, 0.1) is 0 Å². The zero-order valence-corrected chi connectivity index (χ0v) is 9.40. The molecule has 0 amide bonds. The van der Waals surface area contributed by atoms with Gasteiger partial charge >= 0.3 is 0 Å². The minimum absolute atomic E-state index is 0.846. The number of rotatable bonds is 2. The SMILES string of the molecule is CCn1nccc1-c1cccc(Br)n1. The third kappa shape index (κ3) is 1.70. The molecule has 72 valence electrons. The van der Waals surface area contributed by atoms with E-state index in [1.54, 1.807) is 6.20 Å². The Morgan fingerprint density at radius 1 is 1.36 bits per heavy atom. The number of aryl methyl sites for hydroxylation is 1. The monoisotopic (exact) mass is 251 g/mol. The Balaban J connectivity index is 2.49. The second kappa shape index (κ2) is 3.92. The van der Waals surface area contributed by atoms with Crippen LogP contribution in [0.1, 0.15) is 6.92 Å². The van der Waals surface area contributed by atoms with E-state index >= 15 is 0 Å². The van der Waals surface area contributed by atoms with Crippen LogP contribution in [0.5, 0.6) is 0 Å². The summed E-state index contributed by atoms with van der Waals surface area (Å²) < 4.78 is 2.77. The second-order valence-corrected chi connectivity index (χ2v) is 3.69. The molecule has 0 aromatic carbocycles. The third-order valence-electron chi connectivity index (χ3n) is 1.99. The first kappa shape index (κ1) is 9.40. The lowest BCUT2D eigenvalue weighted by Gasteiger charge is -2.03. The maximum absolute atomic E-state index is 4.38. The summed E-state index contributed by atoms with van der Waals surface area (Å²) >= 11 is 3.35. The van der Waals surface area contributed by atoms with E-state index in [-0.39, 0.29) is 0 Å². The topological polar surface area (TPSA) is 30.7 Å². The number of aromatic nitrogens is 3. The van der Waals surface area contributed by atoms with E-state index in [2.05, 4.69) is 32.9 Å². The zero-order chi connectivity index (χ0) is 9.97. The molecule has 0 fully saturated rings. The van der Waals surface area contributed by atoms with Gasteiger partial charge in [0.25, 0.3) is 0 Å². The maximum Gasteiger partial charge on any atom is 0.106 e. The van der Waals surface area contributed by atoms with Gasteiger partial charge in [-0.1, -0.05) is 6.07 Å². The van der Waals surface area contributed by atoms with Crippen molar-refractivity contribution in [1.29, 1.82) is 0 Å². The lowest BCUT2D eigenvalue weighted by atomic mass is 10.3. The van der Waals surface area contributed by atoms with E-state index in [0.29, 0.717) is 0 Å². The molecule has 2 aromatic heterocycles. The molecular formula is C10H10BrN3. The molecule has 3 nitrogen and oxygen atoms in total. The van der Waals surface area contributed by atoms with Gasteiger partial charge in [0.2, 0.25) is 0 Å². The molecule has 0 bridgehead atoms. The lowest BCUT2D eigenvalue weighted by molar-refractivity contribution is 0.665. The molecule has 0 aliphatic carbocycles. The van der Waals surface area contributed by atoms with Gasteiger partial charge in [0, 0.05) is 12.7 Å². The molecule has 0 saturated carbocycles. The Morgan fingerprint density at radius 3 is 2.93 bits per heavy atom. The average molecular weight is 252 g/mol. The summed E-state index contributed by atoms with van der Waals surface area (Å²) in [5.41, 5.74) is 1.99. The number of nitrogens with zero attached hydrogens (tertiary/aromatic N) is 3. The van der Waals surface area contributed by atoms with Crippen molar-refractivity contribution in [2.45, 2.75) is 13.5 Å². The van der Waals surface area contributed by atoms with Crippen molar-refractivity contribution >= 4 is 15.9 Å². The Morgan fingerprint density at radius 2 is 2.21 bits per heavy atom. The van der Waals surface area contributed by atoms with Gasteiger partial charge in [-0.3, -0.25) is 4.68 Å². The third-order valence-corrected chi connectivity index (χ3v) is 2.44. The van der Waals surface area contributed by atoms with Crippen molar-refractivity contribution < 1.29 is 0 Å². The molecule has 2 heterocycles. The van der Waals surface area contributed by atoms with Crippen molar-refractivity contribution in [2.24, 2.45) is 0 Å². The van der Waals surface area contributed by atoms with Crippen LogP contribution in [0.15, 0.2) is 35.1 Å². The Hall–Kier alpha value is -1.16. The highest BCUT2D eigenvalue weighted by Crippen LogP contribution is 2.18. The van der Waals surface area contributed by atoms with Crippen LogP contribution in [0.4, 0.5) is 0 Å². The molecule has 0 unspecified atom stereocenters.